The Hall–Kier alpha value is -1.47. The Morgan fingerprint density at radius 3 is 2.94 bits per heavy atom. The number of nitrogens with one attached hydrogen (secondary N) is 1. The van der Waals surface area contributed by atoms with E-state index >= 15 is 0 Å². The second-order valence-electron chi connectivity index (χ2n) is 3.33. The lowest BCUT2D eigenvalue weighted by atomic mass is 10.3. The lowest BCUT2D eigenvalue weighted by Crippen LogP contribution is -2.12. The molecule has 1 amide bonds. The number of aryl methyl sites for hydroxylation is 2. The van der Waals surface area contributed by atoms with E-state index in [2.05, 4.69) is 20.6 Å². The van der Waals surface area contributed by atoms with E-state index in [0.29, 0.717) is 5.69 Å². The van der Waals surface area contributed by atoms with E-state index in [1.807, 2.05) is 6.92 Å². The maximum atomic E-state index is 11.8. The zero-order valence-corrected chi connectivity index (χ0v) is 10.8. The molecule has 0 aromatic carbocycles. The third kappa shape index (κ3) is 2.62. The van der Waals surface area contributed by atoms with E-state index in [0.717, 1.165) is 23.5 Å². The molecule has 0 bridgehead atoms. The van der Waals surface area contributed by atoms with Crippen LogP contribution in [0.5, 0.6) is 0 Å². The van der Waals surface area contributed by atoms with Crippen LogP contribution in [0.1, 0.15) is 22.4 Å². The van der Waals surface area contributed by atoms with Crippen LogP contribution in [0.25, 0.3) is 0 Å². The van der Waals surface area contributed by atoms with Crippen LogP contribution < -0.4 is 5.32 Å². The molecule has 2 heterocycles. The Labute approximate surface area is 107 Å². The summed E-state index contributed by atoms with van der Waals surface area (Å²) in [5, 5.41) is 14.5. The molecule has 0 fully saturated rings. The lowest BCUT2D eigenvalue weighted by Gasteiger charge is -2.00. The van der Waals surface area contributed by atoms with Gasteiger partial charge in [-0.05, 0) is 18.0 Å². The number of aromatic nitrogens is 4. The van der Waals surface area contributed by atoms with Crippen molar-refractivity contribution in [2.24, 2.45) is 7.05 Å². The second kappa shape index (κ2) is 4.80. The molecule has 2 rings (SSSR count). The Morgan fingerprint density at radius 1 is 1.59 bits per heavy atom. The first-order valence-corrected chi connectivity index (χ1v) is 6.12. The van der Waals surface area contributed by atoms with Gasteiger partial charge >= 0.3 is 0 Å². The van der Waals surface area contributed by atoms with Crippen molar-refractivity contribution in [2.75, 3.05) is 5.32 Å². The SMILES string of the molecule is CCc1nn(C)cc1NC(=O)c1nnc(Cl)s1. The monoisotopic (exact) mass is 271 g/mol. The van der Waals surface area contributed by atoms with Crippen LogP contribution in [0.4, 0.5) is 5.69 Å². The molecule has 6 nitrogen and oxygen atoms in total. The molecule has 2 aromatic heterocycles. The minimum atomic E-state index is -0.322. The summed E-state index contributed by atoms with van der Waals surface area (Å²) >= 11 is 6.66. The maximum absolute atomic E-state index is 11.8. The van der Waals surface area contributed by atoms with Gasteiger partial charge in [-0.25, -0.2) is 0 Å². The van der Waals surface area contributed by atoms with Crippen molar-refractivity contribution in [3.63, 3.8) is 0 Å². The molecule has 0 saturated heterocycles. The van der Waals surface area contributed by atoms with Crippen LogP contribution in [0, 0.1) is 0 Å². The van der Waals surface area contributed by atoms with Crippen LogP contribution in [-0.2, 0) is 13.5 Å². The van der Waals surface area contributed by atoms with Crippen molar-refractivity contribution in [3.8, 4) is 0 Å². The second-order valence-corrected chi connectivity index (χ2v) is 4.89. The number of carbonyl (C=O) groups excluding carboxylic acids is 1. The minimum absolute atomic E-state index is 0.237. The van der Waals surface area contributed by atoms with Crippen molar-refractivity contribution >= 4 is 34.5 Å². The highest BCUT2D eigenvalue weighted by Gasteiger charge is 2.15. The van der Waals surface area contributed by atoms with Gasteiger partial charge in [-0.2, -0.15) is 5.10 Å². The van der Waals surface area contributed by atoms with Crippen molar-refractivity contribution in [1.29, 1.82) is 0 Å². The number of anilines is 1. The third-order valence-electron chi connectivity index (χ3n) is 2.08. The van der Waals surface area contributed by atoms with E-state index in [-0.39, 0.29) is 15.4 Å². The molecule has 0 unspecified atom stereocenters. The predicted molar refractivity (Wildman–Crippen MR) is 65.5 cm³/mol. The molecular formula is C9H10ClN5OS. The zero-order chi connectivity index (χ0) is 12.4. The Morgan fingerprint density at radius 2 is 2.35 bits per heavy atom. The number of amides is 1. The van der Waals surface area contributed by atoms with Gasteiger partial charge in [0.15, 0.2) is 0 Å². The molecule has 90 valence electrons. The molecule has 2 aromatic rings. The van der Waals surface area contributed by atoms with Crippen molar-refractivity contribution in [2.45, 2.75) is 13.3 Å². The van der Waals surface area contributed by atoms with Crippen LogP contribution in [-0.4, -0.2) is 25.9 Å². The van der Waals surface area contributed by atoms with Gasteiger partial charge in [-0.15, -0.1) is 10.2 Å². The van der Waals surface area contributed by atoms with Crippen LogP contribution in [0.2, 0.25) is 4.47 Å². The molecule has 17 heavy (non-hydrogen) atoms. The average Bonchev–Trinajstić information content (AvgIpc) is 2.85. The Kier molecular flexibility index (Phi) is 3.39. The average molecular weight is 272 g/mol. The number of hydrogen-bond donors (Lipinski definition) is 1. The summed E-state index contributed by atoms with van der Waals surface area (Å²) in [6.07, 6.45) is 2.49. The van der Waals surface area contributed by atoms with Gasteiger partial charge in [0, 0.05) is 13.2 Å². The quantitative estimate of drug-likeness (QED) is 0.923. The normalized spacial score (nSPS) is 10.5. The molecule has 0 radical (unpaired) electrons. The third-order valence-corrected chi connectivity index (χ3v) is 3.10. The van der Waals surface area contributed by atoms with E-state index in [1.54, 1.807) is 17.9 Å². The minimum Gasteiger partial charge on any atom is -0.317 e. The summed E-state index contributed by atoms with van der Waals surface area (Å²) in [5.41, 5.74) is 1.52. The fourth-order valence-corrected chi connectivity index (χ4v) is 2.10. The van der Waals surface area contributed by atoms with Gasteiger partial charge in [-0.3, -0.25) is 9.48 Å². The van der Waals surface area contributed by atoms with Crippen LogP contribution >= 0.6 is 22.9 Å². The number of halogens is 1. The first-order chi connectivity index (χ1) is 8.10. The highest BCUT2D eigenvalue weighted by molar-refractivity contribution is 7.17. The number of rotatable bonds is 3. The molecule has 8 heteroatoms. The van der Waals surface area contributed by atoms with Crippen LogP contribution in [0.15, 0.2) is 6.20 Å². The van der Waals surface area contributed by atoms with Gasteiger partial charge in [0.25, 0.3) is 5.91 Å². The standard InChI is InChI=1S/C9H10ClN5OS/c1-3-5-6(4-15(2)14-5)11-7(16)8-12-13-9(10)17-8/h4H,3H2,1-2H3,(H,11,16). The first kappa shape index (κ1) is 12.0. The molecule has 0 aliphatic carbocycles. The Balaban J connectivity index is 2.18. The summed E-state index contributed by atoms with van der Waals surface area (Å²) in [6, 6.07) is 0. The smallest absolute Gasteiger partial charge is 0.286 e. The lowest BCUT2D eigenvalue weighted by molar-refractivity contribution is 0.102. The summed E-state index contributed by atoms with van der Waals surface area (Å²) in [5.74, 6) is -0.322. The van der Waals surface area contributed by atoms with Gasteiger partial charge < -0.3 is 5.32 Å². The fourth-order valence-electron chi connectivity index (χ4n) is 1.37. The van der Waals surface area contributed by atoms with Crippen molar-refractivity contribution in [3.05, 3.63) is 21.4 Å². The molecule has 0 atom stereocenters. The van der Waals surface area contributed by atoms with Crippen molar-refractivity contribution in [1.82, 2.24) is 20.0 Å². The highest BCUT2D eigenvalue weighted by atomic mass is 35.5. The largest absolute Gasteiger partial charge is 0.317 e. The summed E-state index contributed by atoms with van der Waals surface area (Å²) in [4.78, 5) is 11.8. The summed E-state index contributed by atoms with van der Waals surface area (Å²) in [6.45, 7) is 1.97. The van der Waals surface area contributed by atoms with Crippen molar-refractivity contribution < 1.29 is 4.79 Å². The maximum Gasteiger partial charge on any atom is 0.286 e. The molecule has 0 spiro atoms. The molecular weight excluding hydrogens is 262 g/mol. The highest BCUT2D eigenvalue weighted by Crippen LogP contribution is 2.18. The first-order valence-electron chi connectivity index (χ1n) is 4.93. The van der Waals surface area contributed by atoms with Gasteiger partial charge in [0.05, 0.1) is 11.4 Å². The molecule has 0 aliphatic heterocycles. The zero-order valence-electron chi connectivity index (χ0n) is 9.27. The topological polar surface area (TPSA) is 72.7 Å². The number of carbonyl (C=O) groups is 1. The van der Waals surface area contributed by atoms with Gasteiger partial charge in [0.1, 0.15) is 0 Å². The summed E-state index contributed by atoms with van der Waals surface area (Å²) in [7, 11) is 1.80. The Bertz CT molecular complexity index is 549. The molecule has 0 aliphatic rings. The van der Waals surface area contributed by atoms with Crippen LogP contribution in [0.3, 0.4) is 0 Å². The number of nitrogens with zero attached hydrogens (tertiary/aromatic N) is 4. The molecule has 0 saturated carbocycles. The van der Waals surface area contributed by atoms with Gasteiger partial charge in [0.2, 0.25) is 9.47 Å². The van der Waals surface area contributed by atoms with E-state index in [1.165, 1.54) is 0 Å². The fraction of sp³-hybridized carbons (Fsp3) is 0.333. The predicted octanol–water partition coefficient (Wildman–Crippen LogP) is 1.74. The van der Waals surface area contributed by atoms with E-state index < -0.39 is 0 Å². The summed E-state index contributed by atoms with van der Waals surface area (Å²) < 4.78 is 1.90. The van der Waals surface area contributed by atoms with E-state index in [4.69, 9.17) is 11.6 Å². The van der Waals surface area contributed by atoms with Gasteiger partial charge in [-0.1, -0.05) is 18.3 Å². The number of hydrogen-bond acceptors (Lipinski definition) is 5. The molecule has 1 N–H and O–H groups in total. The van der Waals surface area contributed by atoms with E-state index in [9.17, 15) is 4.79 Å².